The van der Waals surface area contributed by atoms with E-state index in [9.17, 15) is 0 Å². The minimum atomic E-state index is 0.599. The number of hydrogen-bond acceptors (Lipinski definition) is 4. The standard InChI is InChI=1S/C12H16BrNO3/c1-3-4-5-17-12-9(8-14-15)6-10(13)7-11(12)16-2/h6-8,15H,3-5H2,1-2H3/b14-8+. The molecule has 0 aliphatic heterocycles. The van der Waals surface area contributed by atoms with Crippen LogP contribution in [0.4, 0.5) is 0 Å². The Hall–Kier alpha value is -1.23. The largest absolute Gasteiger partial charge is 0.493 e. The van der Waals surface area contributed by atoms with Gasteiger partial charge in [-0.1, -0.05) is 34.4 Å². The molecule has 0 aliphatic rings. The molecule has 0 bridgehead atoms. The van der Waals surface area contributed by atoms with Gasteiger partial charge in [0.2, 0.25) is 0 Å². The lowest BCUT2D eigenvalue weighted by Crippen LogP contribution is -2.02. The Kier molecular flexibility index (Phi) is 5.83. The third kappa shape index (κ3) is 3.93. The van der Waals surface area contributed by atoms with Crippen LogP contribution in [0.25, 0.3) is 0 Å². The number of ether oxygens (including phenoxy) is 2. The lowest BCUT2D eigenvalue weighted by molar-refractivity contribution is 0.287. The first-order chi connectivity index (χ1) is 8.22. The second-order valence-corrected chi connectivity index (χ2v) is 4.39. The van der Waals surface area contributed by atoms with E-state index in [0.29, 0.717) is 23.7 Å². The molecule has 0 saturated carbocycles. The molecule has 5 heteroatoms. The van der Waals surface area contributed by atoms with Gasteiger partial charge in [0.15, 0.2) is 11.5 Å². The maximum absolute atomic E-state index is 8.63. The molecule has 0 radical (unpaired) electrons. The maximum atomic E-state index is 8.63. The molecule has 0 aromatic heterocycles. The summed E-state index contributed by atoms with van der Waals surface area (Å²) >= 11 is 3.36. The molecule has 1 aromatic rings. The fraction of sp³-hybridized carbons (Fsp3) is 0.417. The Morgan fingerprint density at radius 3 is 2.82 bits per heavy atom. The molecule has 94 valence electrons. The van der Waals surface area contributed by atoms with Crippen LogP contribution >= 0.6 is 15.9 Å². The zero-order valence-electron chi connectivity index (χ0n) is 9.94. The van der Waals surface area contributed by atoms with Gasteiger partial charge in [0.25, 0.3) is 0 Å². The molecule has 0 heterocycles. The van der Waals surface area contributed by atoms with E-state index in [1.807, 2.05) is 12.1 Å². The van der Waals surface area contributed by atoms with Crippen molar-refractivity contribution in [1.82, 2.24) is 0 Å². The first kappa shape index (κ1) is 13.8. The molecule has 0 saturated heterocycles. The van der Waals surface area contributed by atoms with Crippen LogP contribution in [-0.4, -0.2) is 25.1 Å². The van der Waals surface area contributed by atoms with Crippen molar-refractivity contribution in [3.63, 3.8) is 0 Å². The molecular formula is C12H16BrNO3. The van der Waals surface area contributed by atoms with Crippen LogP contribution in [0.15, 0.2) is 21.8 Å². The summed E-state index contributed by atoms with van der Waals surface area (Å²) in [6.45, 7) is 2.71. The van der Waals surface area contributed by atoms with Crippen LogP contribution in [-0.2, 0) is 0 Å². The van der Waals surface area contributed by atoms with Gasteiger partial charge in [-0.25, -0.2) is 0 Å². The Morgan fingerprint density at radius 2 is 2.24 bits per heavy atom. The SMILES string of the molecule is CCCCOc1c(/C=N/O)cc(Br)cc1OC. The number of rotatable bonds is 6. The van der Waals surface area contributed by atoms with E-state index < -0.39 is 0 Å². The molecular weight excluding hydrogens is 286 g/mol. The average Bonchev–Trinajstić information content (AvgIpc) is 2.31. The second-order valence-electron chi connectivity index (χ2n) is 3.47. The molecule has 0 aliphatic carbocycles. The lowest BCUT2D eigenvalue weighted by atomic mass is 10.2. The Balaban J connectivity index is 3.03. The van der Waals surface area contributed by atoms with Gasteiger partial charge in [-0.15, -0.1) is 0 Å². The number of methoxy groups -OCH3 is 1. The first-order valence-electron chi connectivity index (χ1n) is 5.40. The zero-order valence-corrected chi connectivity index (χ0v) is 11.5. The molecule has 4 nitrogen and oxygen atoms in total. The van der Waals surface area contributed by atoms with Crippen molar-refractivity contribution in [2.45, 2.75) is 19.8 Å². The predicted octanol–water partition coefficient (Wildman–Crippen LogP) is 3.44. The van der Waals surface area contributed by atoms with Gasteiger partial charge in [-0.05, 0) is 18.6 Å². The van der Waals surface area contributed by atoms with Gasteiger partial charge in [0.1, 0.15) is 0 Å². The van der Waals surface area contributed by atoms with Crippen molar-refractivity contribution < 1.29 is 14.7 Å². The summed E-state index contributed by atoms with van der Waals surface area (Å²) in [5, 5.41) is 11.7. The fourth-order valence-electron chi connectivity index (χ4n) is 1.37. The Bertz CT molecular complexity index is 394. The van der Waals surface area contributed by atoms with Crippen molar-refractivity contribution in [2.24, 2.45) is 5.16 Å². The van der Waals surface area contributed by atoms with E-state index in [0.717, 1.165) is 17.3 Å². The fourth-order valence-corrected chi connectivity index (χ4v) is 1.83. The minimum absolute atomic E-state index is 0.599. The van der Waals surface area contributed by atoms with Crippen LogP contribution in [0, 0.1) is 0 Å². The molecule has 17 heavy (non-hydrogen) atoms. The van der Waals surface area contributed by atoms with Crippen molar-refractivity contribution in [2.75, 3.05) is 13.7 Å². The molecule has 1 aromatic carbocycles. The summed E-state index contributed by atoms with van der Waals surface area (Å²) in [6, 6.07) is 3.62. The average molecular weight is 302 g/mol. The number of halogens is 1. The van der Waals surface area contributed by atoms with Crippen LogP contribution in [0.2, 0.25) is 0 Å². The summed E-state index contributed by atoms with van der Waals surface area (Å²) in [4.78, 5) is 0. The quantitative estimate of drug-likeness (QED) is 0.379. The molecule has 1 N–H and O–H groups in total. The van der Waals surface area contributed by atoms with E-state index in [4.69, 9.17) is 14.7 Å². The van der Waals surface area contributed by atoms with Crippen molar-refractivity contribution in [1.29, 1.82) is 0 Å². The summed E-state index contributed by atoms with van der Waals surface area (Å²) < 4.78 is 11.7. The third-order valence-electron chi connectivity index (χ3n) is 2.21. The van der Waals surface area contributed by atoms with Crippen LogP contribution in [0.1, 0.15) is 25.3 Å². The smallest absolute Gasteiger partial charge is 0.170 e. The van der Waals surface area contributed by atoms with Crippen LogP contribution in [0.5, 0.6) is 11.5 Å². The molecule has 0 unspecified atom stereocenters. The molecule has 0 fully saturated rings. The van der Waals surface area contributed by atoms with E-state index in [1.54, 1.807) is 7.11 Å². The molecule has 0 atom stereocenters. The highest BCUT2D eigenvalue weighted by Crippen LogP contribution is 2.34. The van der Waals surface area contributed by atoms with Crippen LogP contribution < -0.4 is 9.47 Å². The number of oxime groups is 1. The Morgan fingerprint density at radius 1 is 1.47 bits per heavy atom. The van der Waals surface area contributed by atoms with Gasteiger partial charge in [-0.3, -0.25) is 0 Å². The predicted molar refractivity (Wildman–Crippen MR) is 70.5 cm³/mol. The van der Waals surface area contributed by atoms with Crippen molar-refractivity contribution in [3.05, 3.63) is 22.2 Å². The molecule has 0 amide bonds. The van der Waals surface area contributed by atoms with Gasteiger partial charge >= 0.3 is 0 Å². The normalized spacial score (nSPS) is 10.8. The molecule has 1 rings (SSSR count). The summed E-state index contributed by atoms with van der Waals surface area (Å²) in [7, 11) is 1.58. The summed E-state index contributed by atoms with van der Waals surface area (Å²) in [6.07, 6.45) is 3.35. The first-order valence-corrected chi connectivity index (χ1v) is 6.20. The van der Waals surface area contributed by atoms with E-state index in [-0.39, 0.29) is 0 Å². The van der Waals surface area contributed by atoms with E-state index in [2.05, 4.69) is 28.0 Å². The number of unbranched alkanes of at least 4 members (excludes halogenated alkanes) is 1. The van der Waals surface area contributed by atoms with Gasteiger partial charge in [0, 0.05) is 10.0 Å². The highest BCUT2D eigenvalue weighted by atomic mass is 79.9. The van der Waals surface area contributed by atoms with Crippen LogP contribution in [0.3, 0.4) is 0 Å². The van der Waals surface area contributed by atoms with Gasteiger partial charge in [0.05, 0.1) is 19.9 Å². The summed E-state index contributed by atoms with van der Waals surface area (Å²) in [5.74, 6) is 1.22. The highest BCUT2D eigenvalue weighted by Gasteiger charge is 2.11. The van der Waals surface area contributed by atoms with Gasteiger partial charge < -0.3 is 14.7 Å². The van der Waals surface area contributed by atoms with E-state index in [1.165, 1.54) is 6.21 Å². The van der Waals surface area contributed by atoms with Crippen molar-refractivity contribution in [3.8, 4) is 11.5 Å². The topological polar surface area (TPSA) is 51.0 Å². The lowest BCUT2D eigenvalue weighted by Gasteiger charge is -2.13. The monoisotopic (exact) mass is 301 g/mol. The van der Waals surface area contributed by atoms with Crippen molar-refractivity contribution >= 4 is 22.1 Å². The number of nitrogens with zero attached hydrogens (tertiary/aromatic N) is 1. The number of benzene rings is 1. The third-order valence-corrected chi connectivity index (χ3v) is 2.67. The molecule has 0 spiro atoms. The second kappa shape index (κ2) is 7.17. The van der Waals surface area contributed by atoms with Gasteiger partial charge in [-0.2, -0.15) is 0 Å². The highest BCUT2D eigenvalue weighted by molar-refractivity contribution is 9.10. The zero-order chi connectivity index (χ0) is 12.7. The Labute approximate surface area is 109 Å². The maximum Gasteiger partial charge on any atom is 0.170 e. The van der Waals surface area contributed by atoms with E-state index >= 15 is 0 Å². The summed E-state index contributed by atoms with van der Waals surface area (Å²) in [5.41, 5.74) is 0.676. The number of hydrogen-bond donors (Lipinski definition) is 1. The minimum Gasteiger partial charge on any atom is -0.493 e.